The predicted octanol–water partition coefficient (Wildman–Crippen LogP) is 4.45. The summed E-state index contributed by atoms with van der Waals surface area (Å²) in [5.41, 5.74) is 3.09. The van der Waals surface area contributed by atoms with Crippen molar-refractivity contribution in [1.82, 2.24) is 19.0 Å². The quantitative estimate of drug-likeness (QED) is 0.472. The van der Waals surface area contributed by atoms with Crippen LogP contribution < -0.4 is 5.56 Å². The van der Waals surface area contributed by atoms with Crippen LogP contribution >= 0.6 is 0 Å². The summed E-state index contributed by atoms with van der Waals surface area (Å²) in [6.45, 7) is 0.746. The number of aryl methyl sites for hydroxylation is 1. The van der Waals surface area contributed by atoms with E-state index in [2.05, 4.69) is 4.98 Å². The summed E-state index contributed by atoms with van der Waals surface area (Å²) < 4.78 is 41.7. The Morgan fingerprint density at radius 3 is 2.53 bits per heavy atom. The highest BCUT2D eigenvalue weighted by Gasteiger charge is 2.32. The van der Waals surface area contributed by atoms with Crippen LogP contribution in [-0.2, 0) is 26.2 Å². The number of amides is 1. The molecule has 0 aliphatic carbocycles. The van der Waals surface area contributed by atoms with Gasteiger partial charge < -0.3 is 14.6 Å². The zero-order valence-corrected chi connectivity index (χ0v) is 18.0. The van der Waals surface area contributed by atoms with Crippen molar-refractivity contribution in [2.75, 3.05) is 6.54 Å². The Morgan fingerprint density at radius 2 is 1.88 bits per heavy atom. The number of alkyl halides is 3. The van der Waals surface area contributed by atoms with Gasteiger partial charge in [-0.3, -0.25) is 14.3 Å². The lowest BCUT2D eigenvalue weighted by molar-refractivity contribution is -0.141. The molecule has 10 heteroatoms. The van der Waals surface area contributed by atoms with Gasteiger partial charge in [0.05, 0.1) is 17.7 Å². The normalized spacial score (nSPS) is 13.8. The molecule has 0 saturated carbocycles. The minimum absolute atomic E-state index is 0.317. The van der Waals surface area contributed by atoms with Crippen molar-refractivity contribution in [3.8, 4) is 16.8 Å². The summed E-state index contributed by atoms with van der Waals surface area (Å²) in [6.07, 6.45) is -2.19. The van der Waals surface area contributed by atoms with Gasteiger partial charge in [0.25, 0.3) is 5.56 Å². The summed E-state index contributed by atoms with van der Waals surface area (Å²) in [7, 11) is 1.92. The van der Waals surface area contributed by atoms with E-state index >= 15 is 0 Å². The minimum atomic E-state index is -4.53. The number of nitrogens with zero attached hydrogens (tertiary/aromatic N) is 4. The molecule has 1 aliphatic heterocycles. The van der Waals surface area contributed by atoms with Crippen molar-refractivity contribution in [2.45, 2.75) is 19.1 Å². The van der Waals surface area contributed by atoms with E-state index in [-0.39, 0.29) is 5.56 Å². The maximum Gasteiger partial charge on any atom is 0.433 e. The summed E-state index contributed by atoms with van der Waals surface area (Å²) in [5, 5.41) is 10.3. The summed E-state index contributed by atoms with van der Waals surface area (Å²) in [4.78, 5) is 29.1. The molecular formula is C24H19F3N4O3. The van der Waals surface area contributed by atoms with E-state index in [1.165, 1.54) is 21.6 Å². The standard InChI is InChI=1S/C24H19F3N4O3/c1-29-19-7-8-30(23(33)34)13-18(19)17-4-3-16(11-20(17)29)31-9-6-14(10-22(31)32)15-2-5-21(28-12-15)24(25,26)27/h2-6,9-12H,7-8,13H2,1H3,(H,33,34). The smallest absolute Gasteiger partial charge is 0.433 e. The number of hydrogen-bond acceptors (Lipinski definition) is 3. The Kier molecular flexibility index (Phi) is 4.96. The van der Waals surface area contributed by atoms with Crippen LogP contribution in [0.2, 0.25) is 0 Å². The summed E-state index contributed by atoms with van der Waals surface area (Å²) >= 11 is 0. The SMILES string of the molecule is Cn1c2c(c3ccc(-n4ccc(-c5ccc(C(F)(F)F)nc5)cc4=O)cc31)CN(C(=O)O)CC2. The first kappa shape index (κ1) is 21.7. The molecule has 7 nitrogen and oxygen atoms in total. The Balaban J connectivity index is 1.50. The second-order valence-electron chi connectivity index (χ2n) is 8.19. The van der Waals surface area contributed by atoms with Crippen molar-refractivity contribution in [2.24, 2.45) is 7.05 Å². The van der Waals surface area contributed by atoms with Crippen LogP contribution in [0.3, 0.4) is 0 Å². The number of carbonyl (C=O) groups is 1. The fourth-order valence-corrected chi connectivity index (χ4v) is 4.48. The predicted molar refractivity (Wildman–Crippen MR) is 119 cm³/mol. The van der Waals surface area contributed by atoms with E-state index in [4.69, 9.17) is 0 Å². The van der Waals surface area contributed by atoms with Gasteiger partial charge in [0.2, 0.25) is 0 Å². The van der Waals surface area contributed by atoms with Gasteiger partial charge in [-0.2, -0.15) is 13.2 Å². The van der Waals surface area contributed by atoms with Gasteiger partial charge in [0.1, 0.15) is 5.69 Å². The molecule has 4 heterocycles. The first-order valence-electron chi connectivity index (χ1n) is 10.5. The van der Waals surface area contributed by atoms with Gasteiger partial charge in [-0.05, 0) is 29.8 Å². The number of hydrogen-bond donors (Lipinski definition) is 1. The molecule has 0 bridgehead atoms. The highest BCUT2D eigenvalue weighted by atomic mass is 19.4. The molecule has 174 valence electrons. The van der Waals surface area contributed by atoms with E-state index in [0.29, 0.717) is 36.3 Å². The Morgan fingerprint density at radius 1 is 1.09 bits per heavy atom. The third-order valence-corrected chi connectivity index (χ3v) is 6.24. The number of halogens is 3. The molecular weight excluding hydrogens is 449 g/mol. The lowest BCUT2D eigenvalue weighted by atomic mass is 10.0. The molecule has 0 radical (unpaired) electrons. The van der Waals surface area contributed by atoms with E-state index in [9.17, 15) is 27.9 Å². The number of pyridine rings is 2. The molecule has 1 aliphatic rings. The van der Waals surface area contributed by atoms with Crippen molar-refractivity contribution in [3.63, 3.8) is 0 Å². The number of carboxylic acid groups (broad SMARTS) is 1. The second-order valence-corrected chi connectivity index (χ2v) is 8.19. The van der Waals surface area contributed by atoms with Gasteiger partial charge in [-0.15, -0.1) is 0 Å². The number of benzene rings is 1. The molecule has 0 atom stereocenters. The van der Waals surface area contributed by atoms with Gasteiger partial charge in [-0.25, -0.2) is 4.79 Å². The summed E-state index contributed by atoms with van der Waals surface area (Å²) in [6, 6.07) is 10.7. The van der Waals surface area contributed by atoms with Crippen LogP contribution in [-0.4, -0.2) is 36.8 Å². The third-order valence-electron chi connectivity index (χ3n) is 6.24. The van der Waals surface area contributed by atoms with Gasteiger partial charge in [0, 0.05) is 60.7 Å². The molecule has 1 aromatic carbocycles. The van der Waals surface area contributed by atoms with E-state index in [1.807, 2.05) is 23.7 Å². The molecule has 0 unspecified atom stereocenters. The zero-order valence-electron chi connectivity index (χ0n) is 18.0. The molecule has 0 spiro atoms. The molecule has 0 fully saturated rings. The maximum atomic E-state index is 12.9. The first-order valence-corrected chi connectivity index (χ1v) is 10.5. The molecule has 1 amide bonds. The van der Waals surface area contributed by atoms with Crippen molar-refractivity contribution in [1.29, 1.82) is 0 Å². The van der Waals surface area contributed by atoms with Crippen LogP contribution in [0.5, 0.6) is 0 Å². The molecule has 1 N–H and O–H groups in total. The number of aromatic nitrogens is 3. The van der Waals surface area contributed by atoms with Crippen molar-refractivity contribution < 1.29 is 23.1 Å². The first-order chi connectivity index (χ1) is 16.1. The summed E-state index contributed by atoms with van der Waals surface area (Å²) in [5.74, 6) is 0. The third kappa shape index (κ3) is 3.60. The average Bonchev–Trinajstić information content (AvgIpc) is 3.09. The Labute approximate surface area is 191 Å². The van der Waals surface area contributed by atoms with Crippen LogP contribution in [0.1, 0.15) is 17.0 Å². The highest BCUT2D eigenvalue weighted by Crippen LogP contribution is 2.32. The average molecular weight is 468 g/mol. The lowest BCUT2D eigenvalue weighted by Gasteiger charge is -2.25. The molecule has 34 heavy (non-hydrogen) atoms. The lowest BCUT2D eigenvalue weighted by Crippen LogP contribution is -2.34. The van der Waals surface area contributed by atoms with Crippen molar-refractivity contribution >= 4 is 17.0 Å². The van der Waals surface area contributed by atoms with Crippen LogP contribution in [0.4, 0.5) is 18.0 Å². The molecule has 0 saturated heterocycles. The minimum Gasteiger partial charge on any atom is -0.465 e. The fourth-order valence-electron chi connectivity index (χ4n) is 4.48. The molecule has 5 rings (SSSR count). The van der Waals surface area contributed by atoms with Gasteiger partial charge in [0.15, 0.2) is 0 Å². The van der Waals surface area contributed by atoms with Crippen LogP contribution in [0.25, 0.3) is 27.7 Å². The number of rotatable bonds is 2. The topological polar surface area (TPSA) is 80.4 Å². The fraction of sp³-hybridized carbons (Fsp3) is 0.208. The van der Waals surface area contributed by atoms with Crippen molar-refractivity contribution in [3.05, 3.63) is 82.2 Å². The maximum absolute atomic E-state index is 12.9. The van der Waals surface area contributed by atoms with E-state index < -0.39 is 18.0 Å². The van der Waals surface area contributed by atoms with Gasteiger partial charge >= 0.3 is 12.3 Å². The second kappa shape index (κ2) is 7.75. The Hall–Kier alpha value is -4.08. The largest absolute Gasteiger partial charge is 0.465 e. The van der Waals surface area contributed by atoms with Crippen LogP contribution in [0, 0.1) is 0 Å². The zero-order chi connectivity index (χ0) is 24.2. The van der Waals surface area contributed by atoms with Gasteiger partial charge in [-0.1, -0.05) is 12.1 Å². The monoisotopic (exact) mass is 468 g/mol. The molecule has 3 aromatic heterocycles. The van der Waals surface area contributed by atoms with Crippen LogP contribution in [0.15, 0.2) is 59.7 Å². The Bertz CT molecular complexity index is 1490. The highest BCUT2D eigenvalue weighted by molar-refractivity contribution is 5.88. The molecule has 4 aromatic rings. The van der Waals surface area contributed by atoms with E-state index in [1.54, 1.807) is 18.3 Å². The van der Waals surface area contributed by atoms with E-state index in [0.717, 1.165) is 34.4 Å². The number of fused-ring (bicyclic) bond motifs is 3.